The highest BCUT2D eigenvalue weighted by Crippen LogP contribution is 2.32. The summed E-state index contributed by atoms with van der Waals surface area (Å²) in [6.07, 6.45) is 4.35. The highest BCUT2D eigenvalue weighted by molar-refractivity contribution is 9.10. The second-order valence-corrected chi connectivity index (χ2v) is 7.70. The number of hydrogen-bond acceptors (Lipinski definition) is 3. The maximum atomic E-state index is 14.6. The molecule has 5 nitrogen and oxygen atoms in total. The Bertz CT molecular complexity index is 1160. The Morgan fingerprint density at radius 2 is 1.97 bits per heavy atom. The van der Waals surface area contributed by atoms with E-state index < -0.39 is 29.3 Å². The molecule has 0 bridgehead atoms. The number of halogens is 4. The Balaban J connectivity index is 1.88. The average Bonchev–Trinajstić information content (AvgIpc) is 2.67. The molecule has 0 saturated heterocycles. The van der Waals surface area contributed by atoms with Crippen LogP contribution in [0.4, 0.5) is 13.2 Å². The van der Waals surface area contributed by atoms with E-state index >= 15 is 0 Å². The predicted octanol–water partition coefficient (Wildman–Crippen LogP) is 4.74. The summed E-state index contributed by atoms with van der Waals surface area (Å²) in [4.78, 5) is 28.8. The predicted molar refractivity (Wildman–Crippen MR) is 109 cm³/mol. The molecule has 1 aromatic carbocycles. The number of hydrogen-bond donors (Lipinski definition) is 1. The number of nitrogens with one attached hydrogen (secondary N) is 1. The van der Waals surface area contributed by atoms with Crippen LogP contribution in [0.15, 0.2) is 64.3 Å². The van der Waals surface area contributed by atoms with Crippen molar-refractivity contribution < 1.29 is 18.0 Å². The van der Waals surface area contributed by atoms with Crippen LogP contribution in [0.1, 0.15) is 41.4 Å². The number of alkyl halides is 2. The van der Waals surface area contributed by atoms with E-state index in [1.165, 1.54) is 48.1 Å². The third kappa shape index (κ3) is 4.62. The summed E-state index contributed by atoms with van der Waals surface area (Å²) in [5, 5.41) is 2.58. The highest BCUT2D eigenvalue weighted by Gasteiger charge is 2.30. The number of carbonyl (C=O) groups is 1. The fourth-order valence-corrected chi connectivity index (χ4v) is 3.29. The molecular formula is C21H17BrF3N3O2. The minimum absolute atomic E-state index is 0.0631. The van der Waals surface area contributed by atoms with E-state index in [0.717, 1.165) is 6.07 Å². The summed E-state index contributed by atoms with van der Waals surface area (Å²) >= 11 is 3.27. The van der Waals surface area contributed by atoms with E-state index in [9.17, 15) is 22.8 Å². The minimum atomic E-state index is -3.35. The van der Waals surface area contributed by atoms with Gasteiger partial charge in [0.2, 0.25) is 0 Å². The Morgan fingerprint density at radius 3 is 2.63 bits per heavy atom. The van der Waals surface area contributed by atoms with Crippen molar-refractivity contribution in [3.8, 4) is 5.69 Å². The quantitative estimate of drug-likeness (QED) is 0.574. The van der Waals surface area contributed by atoms with Crippen molar-refractivity contribution in [2.45, 2.75) is 25.8 Å². The molecule has 156 valence electrons. The molecule has 1 N–H and O–H groups in total. The Hall–Kier alpha value is -2.94. The van der Waals surface area contributed by atoms with Crippen molar-refractivity contribution in [3.63, 3.8) is 0 Å². The summed E-state index contributed by atoms with van der Waals surface area (Å²) in [6.45, 7) is 2.10. The van der Waals surface area contributed by atoms with E-state index in [1.807, 2.05) is 0 Å². The Labute approximate surface area is 178 Å². The van der Waals surface area contributed by atoms with E-state index in [0.29, 0.717) is 17.1 Å². The van der Waals surface area contributed by atoms with Crippen LogP contribution in [0.2, 0.25) is 0 Å². The van der Waals surface area contributed by atoms with Crippen LogP contribution in [0.5, 0.6) is 0 Å². The van der Waals surface area contributed by atoms with Crippen LogP contribution in [0, 0.1) is 5.82 Å². The van der Waals surface area contributed by atoms with E-state index in [-0.39, 0.29) is 16.7 Å². The van der Waals surface area contributed by atoms with Gasteiger partial charge in [-0.05, 0) is 35.0 Å². The van der Waals surface area contributed by atoms with Gasteiger partial charge >= 0.3 is 0 Å². The third-order valence-corrected chi connectivity index (χ3v) is 4.89. The van der Waals surface area contributed by atoms with Crippen LogP contribution in [0.3, 0.4) is 0 Å². The van der Waals surface area contributed by atoms with Gasteiger partial charge in [0.05, 0.1) is 29.1 Å². The first-order valence-electron chi connectivity index (χ1n) is 8.89. The molecule has 0 unspecified atom stereocenters. The molecule has 9 heteroatoms. The molecule has 0 aliphatic heterocycles. The lowest BCUT2D eigenvalue weighted by molar-refractivity contribution is 0.0135. The summed E-state index contributed by atoms with van der Waals surface area (Å²) < 4.78 is 43.6. The molecule has 0 aliphatic carbocycles. The third-order valence-electron chi connectivity index (χ3n) is 4.46. The topological polar surface area (TPSA) is 64.0 Å². The van der Waals surface area contributed by atoms with Crippen LogP contribution in [-0.2, 0) is 5.92 Å². The van der Waals surface area contributed by atoms with Gasteiger partial charge in [0, 0.05) is 35.4 Å². The van der Waals surface area contributed by atoms with Gasteiger partial charge in [0.1, 0.15) is 5.82 Å². The van der Waals surface area contributed by atoms with E-state index in [1.54, 1.807) is 12.3 Å². The Morgan fingerprint density at radius 1 is 1.23 bits per heavy atom. The maximum absolute atomic E-state index is 14.6. The van der Waals surface area contributed by atoms with Gasteiger partial charge in [0.25, 0.3) is 17.4 Å². The fraction of sp³-hybridized carbons (Fsp3) is 0.190. The number of carbonyl (C=O) groups excluding carboxylic acids is 1. The SMILES string of the molecule is C[C@@H](NC(=O)c1ccc(=O)n(-c2cncc(Br)c2)c1)c1cccc(C(C)(F)F)c1F. The van der Waals surface area contributed by atoms with Gasteiger partial charge in [-0.2, -0.15) is 0 Å². The van der Waals surface area contributed by atoms with Crippen molar-refractivity contribution in [1.82, 2.24) is 14.9 Å². The molecule has 2 aromatic heterocycles. The van der Waals surface area contributed by atoms with Crippen LogP contribution < -0.4 is 10.9 Å². The standard InChI is InChI=1S/C21H17BrF3N3O2/c1-12(16-4-3-5-17(19(16)23)21(2,24)25)27-20(30)13-6-7-18(29)28(11-13)15-8-14(22)9-26-10-15/h3-12H,1-2H3,(H,27,30)/t12-/m1/s1. The normalized spacial score (nSPS) is 12.5. The minimum Gasteiger partial charge on any atom is -0.345 e. The van der Waals surface area contributed by atoms with Crippen molar-refractivity contribution >= 4 is 21.8 Å². The lowest BCUT2D eigenvalue weighted by Crippen LogP contribution is -2.29. The van der Waals surface area contributed by atoms with Crippen molar-refractivity contribution in [3.05, 3.63) is 92.3 Å². The van der Waals surface area contributed by atoms with Crippen LogP contribution >= 0.6 is 15.9 Å². The average molecular weight is 480 g/mol. The zero-order valence-corrected chi connectivity index (χ0v) is 17.6. The lowest BCUT2D eigenvalue weighted by atomic mass is 10.0. The molecule has 0 radical (unpaired) electrons. The summed E-state index contributed by atoms with van der Waals surface area (Å²) in [5.74, 6) is -5.01. The molecule has 3 rings (SSSR count). The Kier molecular flexibility index (Phi) is 6.12. The van der Waals surface area contributed by atoms with Gasteiger partial charge < -0.3 is 5.32 Å². The van der Waals surface area contributed by atoms with E-state index in [2.05, 4.69) is 26.2 Å². The molecular weight excluding hydrogens is 463 g/mol. The lowest BCUT2D eigenvalue weighted by Gasteiger charge is -2.19. The van der Waals surface area contributed by atoms with Crippen molar-refractivity contribution in [2.75, 3.05) is 0 Å². The first kappa shape index (κ1) is 21.8. The summed E-state index contributed by atoms with van der Waals surface area (Å²) in [6, 6.07) is 6.99. The number of benzene rings is 1. The maximum Gasteiger partial charge on any atom is 0.273 e. The van der Waals surface area contributed by atoms with Gasteiger partial charge in [-0.15, -0.1) is 0 Å². The zero-order chi connectivity index (χ0) is 22.1. The van der Waals surface area contributed by atoms with Gasteiger partial charge in [-0.3, -0.25) is 19.1 Å². The number of rotatable bonds is 5. The largest absolute Gasteiger partial charge is 0.345 e. The molecule has 1 atom stereocenters. The summed E-state index contributed by atoms with van der Waals surface area (Å²) in [7, 11) is 0. The molecule has 2 heterocycles. The smallest absolute Gasteiger partial charge is 0.273 e. The molecule has 1 amide bonds. The van der Waals surface area contributed by atoms with Crippen LogP contribution in [-0.4, -0.2) is 15.5 Å². The van der Waals surface area contributed by atoms with Crippen molar-refractivity contribution in [2.24, 2.45) is 0 Å². The highest BCUT2D eigenvalue weighted by atomic mass is 79.9. The molecule has 0 fully saturated rings. The fourth-order valence-electron chi connectivity index (χ4n) is 2.94. The van der Waals surface area contributed by atoms with Crippen molar-refractivity contribution in [1.29, 1.82) is 0 Å². The zero-order valence-electron chi connectivity index (χ0n) is 16.0. The second-order valence-electron chi connectivity index (χ2n) is 6.78. The molecule has 30 heavy (non-hydrogen) atoms. The first-order valence-corrected chi connectivity index (χ1v) is 9.68. The molecule has 0 spiro atoms. The molecule has 0 aliphatic rings. The number of amides is 1. The van der Waals surface area contributed by atoms with Crippen LogP contribution in [0.25, 0.3) is 5.69 Å². The number of pyridine rings is 2. The molecule has 3 aromatic rings. The second kappa shape index (κ2) is 8.43. The molecule has 0 saturated carbocycles. The van der Waals surface area contributed by atoms with Gasteiger partial charge in [-0.25, -0.2) is 13.2 Å². The van der Waals surface area contributed by atoms with Gasteiger partial charge in [0.15, 0.2) is 0 Å². The van der Waals surface area contributed by atoms with E-state index in [4.69, 9.17) is 0 Å². The number of aromatic nitrogens is 2. The summed E-state index contributed by atoms with van der Waals surface area (Å²) in [5.41, 5.74) is -0.591. The monoisotopic (exact) mass is 479 g/mol. The van der Waals surface area contributed by atoms with Gasteiger partial charge in [-0.1, -0.05) is 18.2 Å². The number of nitrogens with zero attached hydrogens (tertiary/aromatic N) is 2. The first-order chi connectivity index (χ1) is 14.1.